The van der Waals surface area contributed by atoms with Gasteiger partial charge >= 0.3 is 0 Å². The summed E-state index contributed by atoms with van der Waals surface area (Å²) in [4.78, 5) is 38.6. The SMILES string of the molecule is COc1ccc(C=C2SC(=O)N(CCNC(=O)c3ccc(Cl)cc3Cl)C2=O)cc1OC. The predicted molar refractivity (Wildman–Crippen MR) is 121 cm³/mol. The van der Waals surface area contributed by atoms with E-state index in [1.165, 1.54) is 26.4 Å². The molecular formula is C21H18Cl2N2O5S. The van der Waals surface area contributed by atoms with Gasteiger partial charge in [0.05, 0.1) is 29.7 Å². The van der Waals surface area contributed by atoms with Crippen molar-refractivity contribution in [3.8, 4) is 11.5 Å². The molecule has 10 heteroatoms. The van der Waals surface area contributed by atoms with Crippen LogP contribution in [0.25, 0.3) is 6.08 Å². The van der Waals surface area contributed by atoms with E-state index in [1.807, 2.05) is 0 Å². The van der Waals surface area contributed by atoms with Gasteiger partial charge in [0.1, 0.15) is 0 Å². The highest BCUT2D eigenvalue weighted by molar-refractivity contribution is 8.18. The number of methoxy groups -OCH3 is 2. The largest absolute Gasteiger partial charge is 0.493 e. The minimum absolute atomic E-state index is 0.0326. The molecule has 0 radical (unpaired) electrons. The van der Waals surface area contributed by atoms with Gasteiger partial charge in [-0.25, -0.2) is 0 Å². The van der Waals surface area contributed by atoms with E-state index in [0.29, 0.717) is 22.1 Å². The third-order valence-corrected chi connectivity index (χ3v) is 5.83. The third-order valence-electron chi connectivity index (χ3n) is 4.38. The molecule has 2 aromatic carbocycles. The molecule has 162 valence electrons. The molecule has 1 fully saturated rings. The molecule has 3 amide bonds. The molecule has 1 saturated heterocycles. The van der Waals surface area contributed by atoms with Gasteiger partial charge < -0.3 is 14.8 Å². The minimum atomic E-state index is -0.427. The maximum absolute atomic E-state index is 12.6. The first kappa shape index (κ1) is 23.0. The molecule has 2 aromatic rings. The Balaban J connectivity index is 1.64. The molecule has 7 nitrogen and oxygen atoms in total. The summed E-state index contributed by atoms with van der Waals surface area (Å²) in [5, 5.41) is 2.87. The monoisotopic (exact) mass is 480 g/mol. The number of nitrogens with zero attached hydrogens (tertiary/aromatic N) is 1. The summed E-state index contributed by atoms with van der Waals surface area (Å²) < 4.78 is 10.5. The molecule has 0 bridgehead atoms. The van der Waals surface area contributed by atoms with Crippen molar-refractivity contribution in [1.82, 2.24) is 10.2 Å². The van der Waals surface area contributed by atoms with E-state index in [1.54, 1.807) is 30.3 Å². The third kappa shape index (κ3) is 5.33. The molecule has 1 N–H and O–H groups in total. The van der Waals surface area contributed by atoms with E-state index in [4.69, 9.17) is 32.7 Å². The molecule has 31 heavy (non-hydrogen) atoms. The van der Waals surface area contributed by atoms with Gasteiger partial charge in [-0.3, -0.25) is 19.3 Å². The van der Waals surface area contributed by atoms with Gasteiger partial charge in [0.25, 0.3) is 17.1 Å². The lowest BCUT2D eigenvalue weighted by atomic mass is 10.2. The number of carbonyl (C=O) groups is 3. The maximum Gasteiger partial charge on any atom is 0.293 e. The van der Waals surface area contributed by atoms with Crippen LogP contribution in [0.4, 0.5) is 4.79 Å². The number of carbonyl (C=O) groups excluding carboxylic acids is 3. The lowest BCUT2D eigenvalue weighted by molar-refractivity contribution is -0.122. The van der Waals surface area contributed by atoms with Crippen LogP contribution in [-0.4, -0.2) is 49.3 Å². The van der Waals surface area contributed by atoms with Crippen LogP contribution in [0.5, 0.6) is 11.5 Å². The number of halogens is 2. The van der Waals surface area contributed by atoms with Crippen LogP contribution in [0.15, 0.2) is 41.3 Å². The Labute approximate surface area is 193 Å². The zero-order valence-electron chi connectivity index (χ0n) is 16.6. The minimum Gasteiger partial charge on any atom is -0.493 e. The quantitative estimate of drug-likeness (QED) is 0.588. The summed E-state index contributed by atoms with van der Waals surface area (Å²) in [6.07, 6.45) is 1.61. The van der Waals surface area contributed by atoms with Crippen molar-refractivity contribution in [2.75, 3.05) is 27.3 Å². The Kier molecular flexibility index (Phi) is 7.48. The molecule has 0 atom stereocenters. The fraction of sp³-hybridized carbons (Fsp3) is 0.190. The zero-order valence-corrected chi connectivity index (χ0v) is 18.9. The zero-order chi connectivity index (χ0) is 22.5. The number of thioether (sulfide) groups is 1. The van der Waals surface area contributed by atoms with Crippen molar-refractivity contribution in [2.24, 2.45) is 0 Å². The Hall–Kier alpha value is -2.68. The number of hydrogen-bond donors (Lipinski definition) is 1. The molecular weight excluding hydrogens is 463 g/mol. The van der Waals surface area contributed by atoms with Crippen LogP contribution < -0.4 is 14.8 Å². The van der Waals surface area contributed by atoms with Crippen LogP contribution in [0.2, 0.25) is 10.0 Å². The molecule has 3 rings (SSSR count). The maximum atomic E-state index is 12.6. The topological polar surface area (TPSA) is 84.9 Å². The standard InChI is InChI=1S/C21H18Cl2N2O5S/c1-29-16-6-3-12(9-17(16)30-2)10-18-20(27)25(21(28)31-18)8-7-24-19(26)14-5-4-13(22)11-15(14)23/h3-6,9-11H,7-8H2,1-2H3,(H,24,26). The molecule has 1 heterocycles. The predicted octanol–water partition coefficient (Wildman–Crippen LogP) is 4.48. The number of ether oxygens (including phenoxy) is 2. The van der Waals surface area contributed by atoms with Crippen molar-refractivity contribution in [1.29, 1.82) is 0 Å². The molecule has 1 aliphatic rings. The van der Waals surface area contributed by atoms with Crippen molar-refractivity contribution >= 4 is 58.1 Å². The van der Waals surface area contributed by atoms with Crippen molar-refractivity contribution in [3.05, 3.63) is 62.5 Å². The number of imide groups is 1. The number of rotatable bonds is 7. The van der Waals surface area contributed by atoms with Crippen LogP contribution in [-0.2, 0) is 4.79 Å². The molecule has 0 spiro atoms. The van der Waals surface area contributed by atoms with Gasteiger partial charge in [0, 0.05) is 18.1 Å². The lowest BCUT2D eigenvalue weighted by Gasteiger charge is -2.13. The fourth-order valence-corrected chi connectivity index (χ4v) is 4.20. The van der Waals surface area contributed by atoms with Crippen LogP contribution in [0.3, 0.4) is 0 Å². The van der Waals surface area contributed by atoms with Crippen LogP contribution in [0, 0.1) is 0 Å². The van der Waals surface area contributed by atoms with Crippen molar-refractivity contribution in [2.45, 2.75) is 0 Å². The first-order valence-corrected chi connectivity index (χ1v) is 10.6. The first-order chi connectivity index (χ1) is 14.8. The van der Waals surface area contributed by atoms with E-state index in [9.17, 15) is 14.4 Å². The van der Waals surface area contributed by atoms with Gasteiger partial charge in [-0.05, 0) is 53.7 Å². The molecule has 0 unspecified atom stereocenters. The normalized spacial score (nSPS) is 14.8. The molecule has 0 saturated carbocycles. The van der Waals surface area contributed by atoms with Gasteiger partial charge in [-0.15, -0.1) is 0 Å². The van der Waals surface area contributed by atoms with E-state index >= 15 is 0 Å². The summed E-state index contributed by atoms with van der Waals surface area (Å²) in [5.41, 5.74) is 0.947. The van der Waals surface area contributed by atoms with Gasteiger partial charge in [-0.1, -0.05) is 29.3 Å². The fourth-order valence-electron chi connectivity index (χ4n) is 2.84. The Morgan fingerprint density at radius 3 is 2.52 bits per heavy atom. The van der Waals surface area contributed by atoms with Crippen molar-refractivity contribution in [3.63, 3.8) is 0 Å². The Bertz CT molecular complexity index is 1070. The second-order valence-corrected chi connectivity index (χ2v) is 8.16. The Morgan fingerprint density at radius 2 is 1.84 bits per heavy atom. The first-order valence-electron chi connectivity index (χ1n) is 9.04. The summed E-state index contributed by atoms with van der Waals surface area (Å²) >= 11 is 12.7. The van der Waals surface area contributed by atoms with Crippen LogP contribution in [0.1, 0.15) is 15.9 Å². The lowest BCUT2D eigenvalue weighted by Crippen LogP contribution is -2.37. The van der Waals surface area contributed by atoms with Crippen molar-refractivity contribution < 1.29 is 23.9 Å². The van der Waals surface area contributed by atoms with E-state index in [2.05, 4.69) is 5.32 Å². The van der Waals surface area contributed by atoms with Gasteiger partial charge in [0.2, 0.25) is 0 Å². The van der Waals surface area contributed by atoms with E-state index < -0.39 is 17.1 Å². The highest BCUT2D eigenvalue weighted by Gasteiger charge is 2.34. The number of nitrogens with one attached hydrogen (secondary N) is 1. The Morgan fingerprint density at radius 1 is 1.10 bits per heavy atom. The molecule has 0 aromatic heterocycles. The summed E-state index contributed by atoms with van der Waals surface area (Å²) in [6, 6.07) is 9.71. The van der Waals surface area contributed by atoms with Gasteiger partial charge in [0.15, 0.2) is 11.5 Å². The van der Waals surface area contributed by atoms with Gasteiger partial charge in [-0.2, -0.15) is 0 Å². The summed E-state index contributed by atoms with van der Waals surface area (Å²) in [5.74, 6) is 0.224. The highest BCUT2D eigenvalue weighted by Crippen LogP contribution is 2.34. The highest BCUT2D eigenvalue weighted by atomic mass is 35.5. The van der Waals surface area contributed by atoms with E-state index in [-0.39, 0.29) is 28.6 Å². The number of hydrogen-bond acceptors (Lipinski definition) is 6. The number of benzene rings is 2. The second kappa shape index (κ2) is 10.1. The smallest absolute Gasteiger partial charge is 0.293 e. The summed E-state index contributed by atoms with van der Waals surface area (Å²) in [6.45, 7) is 0.115. The number of amides is 3. The van der Waals surface area contributed by atoms with Crippen LogP contribution >= 0.6 is 35.0 Å². The molecule has 0 aliphatic carbocycles. The molecule has 1 aliphatic heterocycles. The van der Waals surface area contributed by atoms with E-state index in [0.717, 1.165) is 16.7 Å². The average Bonchev–Trinajstić information content (AvgIpc) is 3.00. The second-order valence-electron chi connectivity index (χ2n) is 6.33. The average molecular weight is 481 g/mol. The summed E-state index contributed by atoms with van der Waals surface area (Å²) in [7, 11) is 3.05.